The van der Waals surface area contributed by atoms with E-state index in [1.165, 1.54) is 57.0 Å². The van der Waals surface area contributed by atoms with Crippen LogP contribution in [0.2, 0.25) is 0 Å². The predicted molar refractivity (Wildman–Crippen MR) is 94.3 cm³/mol. The van der Waals surface area contributed by atoms with Gasteiger partial charge in [0.05, 0.1) is 0 Å². The molecule has 1 atom stereocenters. The van der Waals surface area contributed by atoms with Crippen LogP contribution < -0.4 is 0 Å². The molecule has 1 aromatic carbocycles. The number of nitrogens with zero attached hydrogens (tertiary/aromatic N) is 2. The molecule has 3 heteroatoms. The summed E-state index contributed by atoms with van der Waals surface area (Å²) in [5.74, 6) is 0. The Morgan fingerprint density at radius 2 is 1.67 bits per heavy atom. The number of hydrogen-bond donors (Lipinski definition) is 0. The van der Waals surface area contributed by atoms with Crippen molar-refractivity contribution >= 4 is 11.8 Å². The lowest BCUT2D eigenvalue weighted by atomic mass is 10.1. The van der Waals surface area contributed by atoms with Gasteiger partial charge in [0.2, 0.25) is 0 Å². The topological polar surface area (TPSA) is 6.48 Å². The molecule has 0 N–H and O–H groups in total. The van der Waals surface area contributed by atoms with Crippen LogP contribution in [-0.4, -0.2) is 54.3 Å². The van der Waals surface area contributed by atoms with Crippen molar-refractivity contribution in [3.8, 4) is 0 Å². The molecular weight excluding hydrogens is 276 g/mol. The Morgan fingerprint density at radius 1 is 1.00 bits per heavy atom. The molecule has 2 nitrogen and oxygen atoms in total. The monoisotopic (exact) mass is 306 g/mol. The van der Waals surface area contributed by atoms with Crippen molar-refractivity contribution < 1.29 is 0 Å². The molecular formula is C18H30N2S. The van der Waals surface area contributed by atoms with Gasteiger partial charge in [-0.05, 0) is 57.2 Å². The molecule has 0 spiro atoms. The van der Waals surface area contributed by atoms with Crippen LogP contribution in [0.4, 0.5) is 0 Å². The maximum atomic E-state index is 2.63. The quantitative estimate of drug-likeness (QED) is 0.686. The predicted octanol–water partition coefficient (Wildman–Crippen LogP) is 3.76. The lowest BCUT2D eigenvalue weighted by molar-refractivity contribution is 0.244. The third-order valence-corrected chi connectivity index (χ3v) is 5.77. The molecule has 1 heterocycles. The van der Waals surface area contributed by atoms with Crippen molar-refractivity contribution in [1.29, 1.82) is 0 Å². The molecule has 1 aliphatic rings. The SMILES string of the molecule is CCN(CC)CCCN(CC)CC1Cc2ccccc2S1. The lowest BCUT2D eigenvalue weighted by Gasteiger charge is -2.25. The Hall–Kier alpha value is -0.510. The van der Waals surface area contributed by atoms with Gasteiger partial charge in [-0.3, -0.25) is 0 Å². The van der Waals surface area contributed by atoms with E-state index in [0.717, 1.165) is 5.25 Å². The maximum Gasteiger partial charge on any atom is 0.0263 e. The van der Waals surface area contributed by atoms with Crippen molar-refractivity contribution in [2.24, 2.45) is 0 Å². The molecule has 118 valence electrons. The van der Waals surface area contributed by atoms with E-state index in [1.54, 1.807) is 5.56 Å². The lowest BCUT2D eigenvalue weighted by Crippen LogP contribution is -2.34. The molecule has 0 bridgehead atoms. The summed E-state index contributed by atoms with van der Waals surface area (Å²) in [5.41, 5.74) is 1.55. The van der Waals surface area contributed by atoms with Crippen LogP contribution in [0.5, 0.6) is 0 Å². The van der Waals surface area contributed by atoms with Crippen LogP contribution in [-0.2, 0) is 6.42 Å². The molecule has 0 fully saturated rings. The second-order valence-electron chi connectivity index (χ2n) is 5.83. The van der Waals surface area contributed by atoms with E-state index >= 15 is 0 Å². The summed E-state index contributed by atoms with van der Waals surface area (Å²) in [6, 6.07) is 8.90. The van der Waals surface area contributed by atoms with Gasteiger partial charge in [0.25, 0.3) is 0 Å². The summed E-state index contributed by atoms with van der Waals surface area (Å²) in [7, 11) is 0. The zero-order chi connectivity index (χ0) is 15.1. The van der Waals surface area contributed by atoms with Gasteiger partial charge < -0.3 is 9.80 Å². The van der Waals surface area contributed by atoms with Crippen molar-refractivity contribution in [3.05, 3.63) is 29.8 Å². The maximum absolute atomic E-state index is 2.63. The highest BCUT2D eigenvalue weighted by molar-refractivity contribution is 8.00. The molecule has 2 rings (SSSR count). The molecule has 0 aliphatic carbocycles. The number of hydrogen-bond acceptors (Lipinski definition) is 3. The van der Waals surface area contributed by atoms with Gasteiger partial charge in [-0.1, -0.05) is 39.0 Å². The van der Waals surface area contributed by atoms with E-state index in [0.29, 0.717) is 0 Å². The summed E-state index contributed by atoms with van der Waals surface area (Å²) in [6.07, 6.45) is 2.53. The minimum atomic E-state index is 0.746. The molecule has 0 radical (unpaired) electrons. The zero-order valence-corrected chi connectivity index (χ0v) is 14.7. The van der Waals surface area contributed by atoms with E-state index in [1.807, 2.05) is 0 Å². The largest absolute Gasteiger partial charge is 0.304 e. The summed E-state index contributed by atoms with van der Waals surface area (Å²) < 4.78 is 0. The molecule has 0 saturated carbocycles. The molecule has 21 heavy (non-hydrogen) atoms. The first-order valence-electron chi connectivity index (χ1n) is 8.46. The minimum Gasteiger partial charge on any atom is -0.304 e. The van der Waals surface area contributed by atoms with Crippen LogP contribution >= 0.6 is 11.8 Å². The van der Waals surface area contributed by atoms with Crippen LogP contribution in [0, 0.1) is 0 Å². The van der Waals surface area contributed by atoms with Gasteiger partial charge in [0, 0.05) is 16.7 Å². The molecule has 0 saturated heterocycles. The fourth-order valence-corrected chi connectivity index (χ4v) is 4.45. The summed E-state index contributed by atoms with van der Waals surface area (Å²) in [6.45, 7) is 14.0. The first kappa shape index (κ1) is 16.9. The summed E-state index contributed by atoms with van der Waals surface area (Å²) in [5, 5.41) is 0.746. The van der Waals surface area contributed by atoms with E-state index in [9.17, 15) is 0 Å². The van der Waals surface area contributed by atoms with Crippen LogP contribution in [0.1, 0.15) is 32.8 Å². The van der Waals surface area contributed by atoms with Crippen LogP contribution in [0.25, 0.3) is 0 Å². The van der Waals surface area contributed by atoms with Gasteiger partial charge in [-0.15, -0.1) is 11.8 Å². The summed E-state index contributed by atoms with van der Waals surface area (Å²) >= 11 is 2.08. The number of fused-ring (bicyclic) bond motifs is 1. The average molecular weight is 307 g/mol. The molecule has 0 amide bonds. The first-order valence-corrected chi connectivity index (χ1v) is 9.34. The Balaban J connectivity index is 1.74. The fourth-order valence-electron chi connectivity index (χ4n) is 3.08. The van der Waals surface area contributed by atoms with Crippen molar-refractivity contribution in [2.75, 3.05) is 39.3 Å². The minimum absolute atomic E-state index is 0.746. The van der Waals surface area contributed by atoms with Gasteiger partial charge >= 0.3 is 0 Å². The average Bonchev–Trinajstić information content (AvgIpc) is 2.92. The Labute approximate surface area is 134 Å². The smallest absolute Gasteiger partial charge is 0.0263 e. The normalized spacial score (nSPS) is 17.7. The van der Waals surface area contributed by atoms with Crippen molar-refractivity contribution in [1.82, 2.24) is 9.80 Å². The molecule has 1 aliphatic heterocycles. The van der Waals surface area contributed by atoms with E-state index in [4.69, 9.17) is 0 Å². The van der Waals surface area contributed by atoms with Gasteiger partial charge in [-0.2, -0.15) is 0 Å². The van der Waals surface area contributed by atoms with Gasteiger partial charge in [0.1, 0.15) is 0 Å². The molecule has 1 aromatic rings. The highest BCUT2D eigenvalue weighted by Gasteiger charge is 2.23. The summed E-state index contributed by atoms with van der Waals surface area (Å²) in [4.78, 5) is 6.66. The second kappa shape index (κ2) is 8.82. The third kappa shape index (κ3) is 5.01. The van der Waals surface area contributed by atoms with E-state index in [-0.39, 0.29) is 0 Å². The van der Waals surface area contributed by atoms with Crippen molar-refractivity contribution in [3.63, 3.8) is 0 Å². The fraction of sp³-hybridized carbons (Fsp3) is 0.667. The van der Waals surface area contributed by atoms with Gasteiger partial charge in [-0.25, -0.2) is 0 Å². The standard InChI is InChI=1S/C18H30N2S/c1-4-19(5-2)12-9-13-20(6-3)15-17-14-16-10-7-8-11-18(16)21-17/h7-8,10-11,17H,4-6,9,12-15H2,1-3H3. The Bertz CT molecular complexity index is 392. The first-order chi connectivity index (χ1) is 10.3. The highest BCUT2D eigenvalue weighted by Crippen LogP contribution is 2.36. The Morgan fingerprint density at radius 3 is 2.33 bits per heavy atom. The Kier molecular flexibility index (Phi) is 7.08. The number of rotatable bonds is 9. The molecule has 0 aromatic heterocycles. The van der Waals surface area contributed by atoms with Crippen molar-refractivity contribution in [2.45, 2.75) is 43.8 Å². The van der Waals surface area contributed by atoms with Crippen LogP contribution in [0.15, 0.2) is 29.2 Å². The highest BCUT2D eigenvalue weighted by atomic mass is 32.2. The number of thioether (sulfide) groups is 1. The third-order valence-electron chi connectivity index (χ3n) is 4.47. The van der Waals surface area contributed by atoms with Gasteiger partial charge in [0.15, 0.2) is 0 Å². The second-order valence-corrected chi connectivity index (χ2v) is 7.17. The number of benzene rings is 1. The zero-order valence-electron chi connectivity index (χ0n) is 13.8. The van der Waals surface area contributed by atoms with E-state index in [2.05, 4.69) is 66.6 Å². The van der Waals surface area contributed by atoms with Crippen LogP contribution in [0.3, 0.4) is 0 Å². The molecule has 1 unspecified atom stereocenters. The van der Waals surface area contributed by atoms with E-state index < -0.39 is 0 Å².